The predicted octanol–water partition coefficient (Wildman–Crippen LogP) is 24.9. The third-order valence-electron chi connectivity index (χ3n) is 17.6. The van der Waals surface area contributed by atoms with E-state index >= 15 is 0 Å². The fourth-order valence-corrected chi connectivity index (χ4v) is 12.9. The Morgan fingerprint density at radius 3 is 0.838 bits per heavy atom. The second-order valence-corrected chi connectivity index (χ2v) is 30.8. The molecule has 0 saturated carbocycles. The van der Waals surface area contributed by atoms with Crippen molar-refractivity contribution < 1.29 is 75.8 Å². The van der Waals surface area contributed by atoms with E-state index in [4.69, 9.17) is 32.3 Å². The van der Waals surface area contributed by atoms with Crippen LogP contribution >= 0.6 is 15.6 Å². The molecule has 0 fully saturated rings. The molecule has 18 heteroatoms. The Kier molecular flexibility index (Phi) is 76.4. The molecule has 0 spiro atoms. The van der Waals surface area contributed by atoms with Gasteiger partial charge in [-0.2, -0.15) is 0 Å². The first-order valence-corrected chi connectivity index (χ1v) is 44.8. The molecule has 105 heavy (non-hydrogen) atoms. The third-order valence-corrected chi connectivity index (χ3v) is 19.5. The van der Waals surface area contributed by atoms with Gasteiger partial charge < -0.3 is 34.2 Å². The van der Waals surface area contributed by atoms with Crippen LogP contribution in [0.5, 0.6) is 0 Å². The van der Waals surface area contributed by atoms with Gasteiger partial charge in [0.25, 0.3) is 0 Å². The highest BCUT2D eigenvalue weighted by atomic mass is 31.2. The van der Waals surface area contributed by atoms with E-state index in [1.807, 2.05) is 0 Å². The molecule has 0 radical (unpaired) electrons. The number of rotatable bonds is 79. The topological polar surface area (TPSA) is 231 Å². The van der Waals surface area contributed by atoms with E-state index in [9.17, 15) is 43.5 Å². The van der Waals surface area contributed by atoms with Crippen molar-refractivity contribution in [2.75, 3.05) is 39.6 Å². The maximum atomic E-state index is 12.9. The molecule has 0 bridgehead atoms. The van der Waals surface area contributed by atoms with Gasteiger partial charge in [0.05, 0.1) is 26.4 Å². The number of unbranched alkanes of at least 4 members (excludes halogenated alkanes) is 36. The molecule has 0 rings (SSSR count). The van der Waals surface area contributed by atoms with Crippen LogP contribution < -0.4 is 0 Å². The zero-order valence-electron chi connectivity index (χ0n) is 66.4. The molecule has 0 aromatic heterocycles. The van der Waals surface area contributed by atoms with Gasteiger partial charge in [0.2, 0.25) is 0 Å². The number of esters is 3. The fraction of sp³-hybridized carbons (Fsp3) is 0.736. The van der Waals surface area contributed by atoms with Gasteiger partial charge in [-0.1, -0.05) is 328 Å². The van der Waals surface area contributed by atoms with Crippen LogP contribution in [0.25, 0.3) is 0 Å². The number of carbonyl (C=O) groups excluding carboxylic acids is 3. The maximum absolute atomic E-state index is 12.9. The number of hydrogen-bond acceptors (Lipinski definition) is 14. The number of aliphatic hydroxyl groups excluding tert-OH is 2. The molecule has 0 aliphatic heterocycles. The predicted molar refractivity (Wildman–Crippen MR) is 436 cm³/mol. The highest BCUT2D eigenvalue weighted by molar-refractivity contribution is 7.47. The molecule has 0 heterocycles. The first-order valence-electron chi connectivity index (χ1n) is 41.8. The zero-order valence-corrected chi connectivity index (χ0v) is 68.2. The van der Waals surface area contributed by atoms with Gasteiger partial charge >= 0.3 is 33.6 Å². The largest absolute Gasteiger partial charge is 0.472 e. The van der Waals surface area contributed by atoms with Gasteiger partial charge in [-0.05, 0) is 128 Å². The number of phosphoric ester groups is 2. The van der Waals surface area contributed by atoms with Crippen LogP contribution in [-0.2, 0) is 55.8 Å². The van der Waals surface area contributed by atoms with Crippen molar-refractivity contribution in [1.82, 2.24) is 0 Å². The molecule has 5 unspecified atom stereocenters. The monoisotopic (exact) mass is 1520 g/mol. The minimum atomic E-state index is -4.93. The van der Waals surface area contributed by atoms with Crippen LogP contribution in [-0.4, -0.2) is 95.9 Å². The van der Waals surface area contributed by atoms with E-state index in [1.54, 1.807) is 0 Å². The first-order chi connectivity index (χ1) is 51.2. The van der Waals surface area contributed by atoms with Crippen LogP contribution in [0.3, 0.4) is 0 Å². The molecule has 5 atom stereocenters. The van der Waals surface area contributed by atoms with Crippen LogP contribution in [0.2, 0.25) is 0 Å². The average molecular weight is 1520 g/mol. The molecule has 0 aromatic carbocycles. The van der Waals surface area contributed by atoms with E-state index in [0.29, 0.717) is 19.3 Å². The van der Waals surface area contributed by atoms with Crippen molar-refractivity contribution in [1.29, 1.82) is 0 Å². The molecule has 0 amide bonds. The second kappa shape index (κ2) is 79.5. The smallest absolute Gasteiger partial charge is 0.463 e. The maximum Gasteiger partial charge on any atom is 0.472 e. The van der Waals surface area contributed by atoms with E-state index < -0.39 is 91.5 Å². The summed E-state index contributed by atoms with van der Waals surface area (Å²) in [5, 5.41) is 20.6. The molecule has 0 aliphatic carbocycles. The summed E-state index contributed by atoms with van der Waals surface area (Å²) in [6, 6.07) is 0. The number of aliphatic hydroxyl groups is 2. The minimum absolute atomic E-state index is 0.0918. The molecular formula is C87H152O16P2. The van der Waals surface area contributed by atoms with Gasteiger partial charge in [-0.15, -0.1) is 0 Å². The average Bonchev–Trinajstić information content (AvgIpc) is 0.936. The van der Waals surface area contributed by atoms with Crippen molar-refractivity contribution in [3.63, 3.8) is 0 Å². The Balaban J connectivity index is 4.37. The lowest BCUT2D eigenvalue weighted by atomic mass is 10.0. The highest BCUT2D eigenvalue weighted by Crippen LogP contribution is 2.45. The summed E-state index contributed by atoms with van der Waals surface area (Å²) >= 11 is 0. The van der Waals surface area contributed by atoms with E-state index in [2.05, 4.69) is 142 Å². The Labute approximate surface area is 640 Å². The van der Waals surface area contributed by atoms with E-state index in [-0.39, 0.29) is 19.3 Å². The first kappa shape index (κ1) is 101. The van der Waals surface area contributed by atoms with E-state index in [0.717, 1.165) is 141 Å². The lowest BCUT2D eigenvalue weighted by Crippen LogP contribution is -2.30. The number of ether oxygens (including phenoxy) is 3. The summed E-state index contributed by atoms with van der Waals surface area (Å²) in [6.07, 6.45) is 95.6. The van der Waals surface area contributed by atoms with Gasteiger partial charge in [-0.25, -0.2) is 9.13 Å². The fourth-order valence-electron chi connectivity index (χ4n) is 11.3. The number of hydrogen-bond donors (Lipinski definition) is 4. The second-order valence-electron chi connectivity index (χ2n) is 27.9. The summed E-state index contributed by atoms with van der Waals surface area (Å²) in [5.74, 6) is -1.58. The quantitative estimate of drug-likeness (QED) is 0.0146. The summed E-state index contributed by atoms with van der Waals surface area (Å²) in [7, 11) is -9.79. The summed E-state index contributed by atoms with van der Waals surface area (Å²) in [5.41, 5.74) is 0. The van der Waals surface area contributed by atoms with Crippen molar-refractivity contribution >= 4 is 33.6 Å². The molecule has 4 N–H and O–H groups in total. The van der Waals surface area contributed by atoms with Gasteiger partial charge in [0, 0.05) is 19.3 Å². The molecule has 0 aliphatic rings. The van der Waals surface area contributed by atoms with Crippen molar-refractivity contribution in [2.45, 2.75) is 373 Å². The van der Waals surface area contributed by atoms with Crippen molar-refractivity contribution in [3.05, 3.63) is 122 Å². The Hall–Kier alpha value is -4.05. The minimum Gasteiger partial charge on any atom is -0.463 e. The third kappa shape index (κ3) is 80.8. The summed E-state index contributed by atoms with van der Waals surface area (Å²) in [6.45, 7) is 2.51. The van der Waals surface area contributed by atoms with E-state index in [1.165, 1.54) is 154 Å². The van der Waals surface area contributed by atoms with Gasteiger partial charge in [-0.3, -0.25) is 32.5 Å². The van der Waals surface area contributed by atoms with Crippen LogP contribution in [0.1, 0.15) is 355 Å². The number of phosphoric acid groups is 2. The SMILES string of the molecule is CC/C=C\C/C=C\C/C=C\C/C=C\C/C=C\CCCCCCCCCCCC(=O)OCC(COP(=O)(O)OCC(O)COP(=O)(O)OCC(O)COC(=O)CCCCCCCCCCCCCCCCCCC/C=C\C/C=C\C/C=C\C/C=C\CCCCC)OC(=O)CCCCCCC/C=C\CCCC. The lowest BCUT2D eigenvalue weighted by molar-refractivity contribution is -0.161. The molecule has 606 valence electrons. The van der Waals surface area contributed by atoms with Gasteiger partial charge in [0.1, 0.15) is 25.4 Å². The van der Waals surface area contributed by atoms with Gasteiger partial charge in [0.15, 0.2) is 6.10 Å². The Morgan fingerprint density at radius 1 is 0.276 bits per heavy atom. The highest BCUT2D eigenvalue weighted by Gasteiger charge is 2.29. The molecule has 0 saturated heterocycles. The Morgan fingerprint density at radius 2 is 0.514 bits per heavy atom. The zero-order chi connectivity index (χ0) is 76.6. The number of allylic oxidation sites excluding steroid dienone is 20. The standard InChI is InChI=1S/C87H152O16P2/c1-4-7-10-13-16-19-22-24-26-28-30-32-34-36-37-38-39-40-41-42-43-45-47-48-50-52-54-56-59-61-64-67-70-73-85(90)97-76-82(88)77-99-104(93,94)100-78-83(89)79-101-105(95,96)102-81-84(103-87(92)75-72-69-66-63-58-21-18-15-12-9-6-3)80-98-86(91)74-71-68-65-62-60-57-55-53-51-49-46-44-35-33-31-29-27-25-23-20-17-14-11-8-5-2/h8,11,15-20,24-27,30-33,36-37,44,46,82-84,88-89H,4-7,9-10,12-14,21-23,28-29,34-35,38-43,45,47-81H2,1-3H3,(H,93,94)(H,95,96)/b11-8-,18-15-,19-16-,20-17-,26-24-,27-25-,32-30-,33-31-,37-36-,46-44-. The summed E-state index contributed by atoms with van der Waals surface area (Å²) in [4.78, 5) is 58.6. The number of carbonyl (C=O) groups is 3. The lowest BCUT2D eigenvalue weighted by Gasteiger charge is -2.21. The molecule has 16 nitrogen and oxygen atoms in total. The Bertz CT molecular complexity index is 2390. The van der Waals surface area contributed by atoms with Crippen LogP contribution in [0.15, 0.2) is 122 Å². The molecule has 0 aromatic rings. The van der Waals surface area contributed by atoms with Crippen molar-refractivity contribution in [2.24, 2.45) is 0 Å². The normalized spacial score (nSPS) is 14.5. The summed E-state index contributed by atoms with van der Waals surface area (Å²) < 4.78 is 61.1. The van der Waals surface area contributed by atoms with Crippen molar-refractivity contribution in [3.8, 4) is 0 Å². The van der Waals surface area contributed by atoms with Crippen LogP contribution in [0.4, 0.5) is 0 Å². The van der Waals surface area contributed by atoms with Crippen LogP contribution in [0, 0.1) is 0 Å². The molecular weight excluding hydrogens is 1360 g/mol.